The molecule has 2 saturated heterocycles. The van der Waals surface area contributed by atoms with Gasteiger partial charge >= 0.3 is 6.18 Å². The molecule has 2 N–H and O–H groups in total. The van der Waals surface area contributed by atoms with Gasteiger partial charge in [-0.15, -0.1) is 0 Å². The summed E-state index contributed by atoms with van der Waals surface area (Å²) in [6.07, 6.45) is 0.187. The quantitative estimate of drug-likeness (QED) is 0.849. The molecule has 1 saturated carbocycles. The van der Waals surface area contributed by atoms with Gasteiger partial charge in [0.2, 0.25) is 0 Å². The number of hydrogen-bond donors (Lipinski definition) is 1. The Morgan fingerprint density at radius 2 is 1.80 bits per heavy atom. The SMILES string of the molecule is NCC1(N2CC3CCC(C2)O3)CCCC(C(F)(F)F)C1. The van der Waals surface area contributed by atoms with E-state index in [-0.39, 0.29) is 25.0 Å². The van der Waals surface area contributed by atoms with Crippen molar-refractivity contribution in [2.24, 2.45) is 11.7 Å². The normalized spacial score (nSPS) is 42.9. The molecule has 0 aromatic heterocycles. The molecule has 20 heavy (non-hydrogen) atoms. The molecule has 3 nitrogen and oxygen atoms in total. The zero-order valence-corrected chi connectivity index (χ0v) is 11.7. The summed E-state index contributed by atoms with van der Waals surface area (Å²) >= 11 is 0. The predicted octanol–water partition coefficient (Wildman–Crippen LogP) is 2.30. The van der Waals surface area contributed by atoms with Crippen LogP contribution in [0.3, 0.4) is 0 Å². The molecular weight excluding hydrogens is 269 g/mol. The van der Waals surface area contributed by atoms with Crippen molar-refractivity contribution in [3.63, 3.8) is 0 Å². The molecule has 0 amide bonds. The number of rotatable bonds is 2. The zero-order chi connectivity index (χ0) is 14.4. The van der Waals surface area contributed by atoms with E-state index in [9.17, 15) is 13.2 Å². The van der Waals surface area contributed by atoms with Gasteiger partial charge < -0.3 is 10.5 Å². The molecule has 2 aliphatic heterocycles. The Bertz CT molecular complexity index is 351. The maximum absolute atomic E-state index is 13.1. The number of hydrogen-bond acceptors (Lipinski definition) is 3. The third-order valence-electron chi connectivity index (χ3n) is 5.38. The van der Waals surface area contributed by atoms with E-state index >= 15 is 0 Å². The Morgan fingerprint density at radius 3 is 2.35 bits per heavy atom. The van der Waals surface area contributed by atoms with Crippen LogP contribution in [-0.4, -0.2) is 48.5 Å². The lowest BCUT2D eigenvalue weighted by molar-refractivity contribution is -0.197. The Balaban J connectivity index is 1.76. The van der Waals surface area contributed by atoms with Gasteiger partial charge in [0.25, 0.3) is 0 Å². The first-order chi connectivity index (χ1) is 9.43. The predicted molar refractivity (Wildman–Crippen MR) is 69.3 cm³/mol. The maximum atomic E-state index is 13.1. The molecule has 2 heterocycles. The van der Waals surface area contributed by atoms with Gasteiger partial charge in [0, 0.05) is 25.2 Å². The molecule has 4 unspecified atom stereocenters. The first-order valence-corrected chi connectivity index (χ1v) is 7.60. The van der Waals surface area contributed by atoms with E-state index in [1.807, 2.05) is 0 Å². The number of nitrogens with zero attached hydrogens (tertiary/aromatic N) is 1. The summed E-state index contributed by atoms with van der Waals surface area (Å²) in [5.41, 5.74) is 5.47. The first kappa shape index (κ1) is 14.6. The highest BCUT2D eigenvalue weighted by Gasteiger charge is 2.51. The molecule has 2 bridgehead atoms. The first-order valence-electron chi connectivity index (χ1n) is 7.60. The van der Waals surface area contributed by atoms with E-state index in [0.717, 1.165) is 32.4 Å². The molecule has 0 radical (unpaired) electrons. The van der Waals surface area contributed by atoms with Crippen LogP contribution in [0.15, 0.2) is 0 Å². The molecule has 0 spiro atoms. The van der Waals surface area contributed by atoms with Crippen LogP contribution in [0.5, 0.6) is 0 Å². The van der Waals surface area contributed by atoms with Crippen molar-refractivity contribution in [3.05, 3.63) is 0 Å². The van der Waals surface area contributed by atoms with E-state index in [1.54, 1.807) is 0 Å². The minimum absolute atomic E-state index is 0.159. The average Bonchev–Trinajstić information content (AvgIpc) is 2.76. The summed E-state index contributed by atoms with van der Waals surface area (Å²) in [5, 5.41) is 0. The van der Waals surface area contributed by atoms with Crippen molar-refractivity contribution in [1.82, 2.24) is 4.90 Å². The molecule has 0 aromatic carbocycles. The molecule has 116 valence electrons. The fourth-order valence-corrected chi connectivity index (χ4v) is 4.22. The Morgan fingerprint density at radius 1 is 1.15 bits per heavy atom. The smallest absolute Gasteiger partial charge is 0.372 e. The molecule has 4 atom stereocenters. The number of nitrogens with two attached hydrogens (primary N) is 1. The number of ether oxygens (including phenoxy) is 1. The van der Waals surface area contributed by atoms with E-state index in [2.05, 4.69) is 4.90 Å². The van der Waals surface area contributed by atoms with Crippen molar-refractivity contribution in [3.8, 4) is 0 Å². The van der Waals surface area contributed by atoms with Gasteiger partial charge in [-0.3, -0.25) is 4.90 Å². The number of likely N-dealkylation sites (tertiary alicyclic amines) is 1. The fraction of sp³-hybridized carbons (Fsp3) is 1.00. The van der Waals surface area contributed by atoms with Gasteiger partial charge in [0.1, 0.15) is 0 Å². The highest BCUT2D eigenvalue weighted by molar-refractivity contribution is 5.01. The number of alkyl halides is 3. The number of fused-ring (bicyclic) bond motifs is 2. The van der Waals surface area contributed by atoms with Crippen LogP contribution < -0.4 is 5.73 Å². The van der Waals surface area contributed by atoms with Gasteiger partial charge in [-0.2, -0.15) is 13.2 Å². The molecule has 3 rings (SSSR count). The average molecular weight is 292 g/mol. The van der Waals surface area contributed by atoms with Crippen molar-refractivity contribution in [1.29, 1.82) is 0 Å². The Kier molecular flexibility index (Phi) is 3.75. The Hall–Kier alpha value is -0.330. The monoisotopic (exact) mass is 292 g/mol. The van der Waals surface area contributed by atoms with Crippen molar-refractivity contribution in [2.45, 2.75) is 62.4 Å². The summed E-state index contributed by atoms with van der Waals surface area (Å²) < 4.78 is 45.0. The van der Waals surface area contributed by atoms with E-state index in [1.165, 1.54) is 0 Å². The van der Waals surface area contributed by atoms with E-state index < -0.39 is 17.6 Å². The zero-order valence-electron chi connectivity index (χ0n) is 11.7. The van der Waals surface area contributed by atoms with Crippen LogP contribution in [0.2, 0.25) is 0 Å². The van der Waals surface area contributed by atoms with Crippen molar-refractivity contribution >= 4 is 0 Å². The second-order valence-corrected chi connectivity index (χ2v) is 6.63. The van der Waals surface area contributed by atoms with E-state index in [4.69, 9.17) is 10.5 Å². The van der Waals surface area contributed by atoms with Gasteiger partial charge in [0.15, 0.2) is 0 Å². The molecule has 3 fully saturated rings. The molecule has 0 aromatic rings. The lowest BCUT2D eigenvalue weighted by Crippen LogP contribution is -2.62. The topological polar surface area (TPSA) is 38.5 Å². The van der Waals surface area contributed by atoms with Crippen LogP contribution in [0.1, 0.15) is 38.5 Å². The molecular formula is C14H23F3N2O. The summed E-state index contributed by atoms with van der Waals surface area (Å²) in [7, 11) is 0. The van der Waals surface area contributed by atoms with Gasteiger partial charge in [-0.1, -0.05) is 6.42 Å². The third kappa shape index (κ3) is 2.57. The highest BCUT2D eigenvalue weighted by atomic mass is 19.4. The second-order valence-electron chi connectivity index (χ2n) is 6.63. The number of halogens is 3. The summed E-state index contributed by atoms with van der Waals surface area (Å²) in [6.45, 7) is 1.82. The summed E-state index contributed by atoms with van der Waals surface area (Å²) in [5.74, 6) is -1.19. The maximum Gasteiger partial charge on any atom is 0.391 e. The largest absolute Gasteiger partial charge is 0.391 e. The fourth-order valence-electron chi connectivity index (χ4n) is 4.22. The van der Waals surface area contributed by atoms with Crippen LogP contribution in [-0.2, 0) is 4.74 Å². The second kappa shape index (κ2) is 5.14. The summed E-state index contributed by atoms with van der Waals surface area (Å²) in [4.78, 5) is 2.22. The highest BCUT2D eigenvalue weighted by Crippen LogP contribution is 2.45. The minimum atomic E-state index is -4.09. The van der Waals surface area contributed by atoms with Crippen LogP contribution in [0.4, 0.5) is 13.2 Å². The van der Waals surface area contributed by atoms with Gasteiger partial charge in [-0.25, -0.2) is 0 Å². The minimum Gasteiger partial charge on any atom is -0.372 e. The summed E-state index contributed by atoms with van der Waals surface area (Å²) in [6, 6.07) is 0. The lowest BCUT2D eigenvalue weighted by Gasteiger charge is -2.51. The standard InChI is InChI=1S/C14H23F3N2O/c15-14(16,17)10-2-1-5-13(6-10,9-18)19-7-11-3-4-12(8-19)20-11/h10-12H,1-9,18H2. The van der Waals surface area contributed by atoms with Crippen molar-refractivity contribution < 1.29 is 17.9 Å². The third-order valence-corrected chi connectivity index (χ3v) is 5.38. The van der Waals surface area contributed by atoms with Crippen LogP contribution in [0, 0.1) is 5.92 Å². The van der Waals surface area contributed by atoms with E-state index in [0.29, 0.717) is 13.0 Å². The molecule has 6 heteroatoms. The van der Waals surface area contributed by atoms with Crippen LogP contribution >= 0.6 is 0 Å². The van der Waals surface area contributed by atoms with Crippen LogP contribution in [0.25, 0.3) is 0 Å². The molecule has 1 aliphatic carbocycles. The van der Waals surface area contributed by atoms with Gasteiger partial charge in [0.05, 0.1) is 18.1 Å². The number of morpholine rings is 1. The Labute approximate surface area is 117 Å². The lowest BCUT2D eigenvalue weighted by atomic mass is 9.74. The van der Waals surface area contributed by atoms with Gasteiger partial charge in [-0.05, 0) is 32.1 Å². The molecule has 3 aliphatic rings. The van der Waals surface area contributed by atoms with Crippen molar-refractivity contribution in [2.75, 3.05) is 19.6 Å².